The maximum atomic E-state index is 12.0. The van der Waals surface area contributed by atoms with E-state index in [1.807, 2.05) is 31.2 Å². The standard InChI is InChI=1S/C15H18N2OS/c1-10-9-16-14(19-10)17-13(18)11-5-7-12(8-6-11)15(2,3)4/h5-9H,1-4H3,(H,16,17,18). The molecule has 0 spiro atoms. The van der Waals surface area contributed by atoms with Gasteiger partial charge in [0.2, 0.25) is 0 Å². The van der Waals surface area contributed by atoms with E-state index in [4.69, 9.17) is 0 Å². The lowest BCUT2D eigenvalue weighted by atomic mass is 9.87. The first-order valence-electron chi connectivity index (χ1n) is 6.20. The highest BCUT2D eigenvalue weighted by Crippen LogP contribution is 2.23. The molecule has 3 nitrogen and oxygen atoms in total. The number of thiazole rings is 1. The van der Waals surface area contributed by atoms with Gasteiger partial charge in [0.1, 0.15) is 0 Å². The number of nitrogens with zero attached hydrogens (tertiary/aromatic N) is 1. The van der Waals surface area contributed by atoms with Crippen molar-refractivity contribution < 1.29 is 4.79 Å². The maximum Gasteiger partial charge on any atom is 0.257 e. The minimum absolute atomic E-state index is 0.0986. The largest absolute Gasteiger partial charge is 0.298 e. The molecule has 1 amide bonds. The number of hydrogen-bond donors (Lipinski definition) is 1. The van der Waals surface area contributed by atoms with Crippen LogP contribution in [-0.4, -0.2) is 10.9 Å². The molecule has 0 aliphatic carbocycles. The van der Waals surface area contributed by atoms with Crippen LogP contribution in [0.25, 0.3) is 0 Å². The Morgan fingerprint density at radius 1 is 1.21 bits per heavy atom. The normalized spacial score (nSPS) is 11.4. The monoisotopic (exact) mass is 274 g/mol. The van der Waals surface area contributed by atoms with Gasteiger partial charge in [-0.15, -0.1) is 11.3 Å². The molecule has 0 aliphatic rings. The number of carbonyl (C=O) groups is 1. The van der Waals surface area contributed by atoms with Crippen LogP contribution in [-0.2, 0) is 5.41 Å². The van der Waals surface area contributed by atoms with Gasteiger partial charge in [-0.1, -0.05) is 32.9 Å². The predicted octanol–water partition coefficient (Wildman–Crippen LogP) is 4.00. The Labute approximate surface area is 117 Å². The number of carbonyl (C=O) groups excluding carboxylic acids is 1. The van der Waals surface area contributed by atoms with Crippen molar-refractivity contribution in [2.24, 2.45) is 0 Å². The number of benzene rings is 1. The highest BCUT2D eigenvalue weighted by Gasteiger charge is 2.14. The number of rotatable bonds is 2. The van der Waals surface area contributed by atoms with Crippen LogP contribution in [0.4, 0.5) is 5.13 Å². The Morgan fingerprint density at radius 2 is 1.84 bits per heavy atom. The molecular weight excluding hydrogens is 256 g/mol. The zero-order chi connectivity index (χ0) is 14.0. The fraction of sp³-hybridized carbons (Fsp3) is 0.333. The third-order valence-electron chi connectivity index (χ3n) is 2.85. The molecule has 1 N–H and O–H groups in total. The van der Waals surface area contributed by atoms with Crippen LogP contribution in [0.15, 0.2) is 30.5 Å². The number of aryl methyl sites for hydroxylation is 1. The Bertz CT molecular complexity index is 579. The van der Waals surface area contributed by atoms with Crippen molar-refractivity contribution in [3.63, 3.8) is 0 Å². The SMILES string of the molecule is Cc1cnc(NC(=O)c2ccc(C(C)(C)C)cc2)s1. The highest BCUT2D eigenvalue weighted by molar-refractivity contribution is 7.15. The summed E-state index contributed by atoms with van der Waals surface area (Å²) in [4.78, 5) is 17.2. The second-order valence-electron chi connectivity index (χ2n) is 5.56. The molecule has 0 unspecified atom stereocenters. The quantitative estimate of drug-likeness (QED) is 0.899. The molecule has 2 aromatic rings. The Balaban J connectivity index is 2.12. The molecule has 0 radical (unpaired) electrons. The van der Waals surface area contributed by atoms with Crippen LogP contribution in [0.1, 0.15) is 41.6 Å². The number of hydrogen-bond acceptors (Lipinski definition) is 3. The van der Waals surface area contributed by atoms with Crippen LogP contribution in [0.5, 0.6) is 0 Å². The molecule has 0 aliphatic heterocycles. The van der Waals surface area contributed by atoms with Gasteiger partial charge in [0, 0.05) is 16.6 Å². The fourth-order valence-corrected chi connectivity index (χ4v) is 2.36. The second-order valence-corrected chi connectivity index (χ2v) is 6.79. The van der Waals surface area contributed by atoms with Crippen LogP contribution in [0.3, 0.4) is 0 Å². The summed E-state index contributed by atoms with van der Waals surface area (Å²) in [5.41, 5.74) is 1.97. The summed E-state index contributed by atoms with van der Waals surface area (Å²) in [6.07, 6.45) is 1.75. The zero-order valence-electron chi connectivity index (χ0n) is 11.7. The molecule has 0 fully saturated rings. The Morgan fingerprint density at radius 3 is 2.32 bits per heavy atom. The molecule has 1 aromatic heterocycles. The summed E-state index contributed by atoms with van der Waals surface area (Å²) in [5.74, 6) is -0.116. The first-order valence-corrected chi connectivity index (χ1v) is 7.02. The van der Waals surface area contributed by atoms with Crippen LogP contribution in [0.2, 0.25) is 0 Å². The van der Waals surface area contributed by atoms with Gasteiger partial charge < -0.3 is 0 Å². The van der Waals surface area contributed by atoms with Gasteiger partial charge in [0.05, 0.1) is 0 Å². The lowest BCUT2D eigenvalue weighted by Crippen LogP contribution is -2.14. The Kier molecular flexibility index (Phi) is 3.71. The smallest absolute Gasteiger partial charge is 0.257 e. The molecular formula is C15H18N2OS. The molecule has 2 rings (SSSR count). The van der Waals surface area contributed by atoms with Crippen LogP contribution in [0, 0.1) is 6.92 Å². The first kappa shape index (κ1) is 13.7. The Hall–Kier alpha value is -1.68. The molecule has 1 heterocycles. The van der Waals surface area contributed by atoms with E-state index >= 15 is 0 Å². The number of nitrogens with one attached hydrogen (secondary N) is 1. The second kappa shape index (κ2) is 5.13. The molecule has 0 atom stereocenters. The summed E-state index contributed by atoms with van der Waals surface area (Å²) < 4.78 is 0. The number of anilines is 1. The van der Waals surface area contributed by atoms with Crippen molar-refractivity contribution in [2.75, 3.05) is 5.32 Å². The molecule has 0 saturated carbocycles. The molecule has 0 saturated heterocycles. The average Bonchev–Trinajstić information content (AvgIpc) is 2.74. The van der Waals surface area contributed by atoms with Gasteiger partial charge in [-0.05, 0) is 30.0 Å². The number of aromatic nitrogens is 1. The van der Waals surface area contributed by atoms with E-state index in [9.17, 15) is 4.79 Å². The fourth-order valence-electron chi connectivity index (χ4n) is 1.70. The van der Waals surface area contributed by atoms with Gasteiger partial charge >= 0.3 is 0 Å². The molecule has 100 valence electrons. The van der Waals surface area contributed by atoms with Crippen LogP contribution >= 0.6 is 11.3 Å². The van der Waals surface area contributed by atoms with Crippen LogP contribution < -0.4 is 5.32 Å². The van der Waals surface area contributed by atoms with E-state index < -0.39 is 0 Å². The summed E-state index contributed by atoms with van der Waals surface area (Å²) in [5, 5.41) is 3.45. The van der Waals surface area contributed by atoms with E-state index in [0.29, 0.717) is 10.7 Å². The lowest BCUT2D eigenvalue weighted by molar-refractivity contribution is 0.102. The van der Waals surface area contributed by atoms with Gasteiger partial charge in [0.15, 0.2) is 5.13 Å². The van der Waals surface area contributed by atoms with E-state index in [1.54, 1.807) is 6.20 Å². The maximum absolute atomic E-state index is 12.0. The van der Waals surface area contributed by atoms with Crippen molar-refractivity contribution in [1.29, 1.82) is 0 Å². The average molecular weight is 274 g/mol. The van der Waals surface area contributed by atoms with Crippen molar-refractivity contribution in [1.82, 2.24) is 4.98 Å². The zero-order valence-corrected chi connectivity index (χ0v) is 12.5. The molecule has 1 aromatic carbocycles. The third kappa shape index (κ3) is 3.41. The third-order valence-corrected chi connectivity index (χ3v) is 3.68. The molecule has 19 heavy (non-hydrogen) atoms. The van der Waals surface area contributed by atoms with Crippen molar-refractivity contribution in [3.8, 4) is 0 Å². The van der Waals surface area contributed by atoms with Gasteiger partial charge in [-0.3, -0.25) is 10.1 Å². The van der Waals surface area contributed by atoms with E-state index in [2.05, 4.69) is 31.1 Å². The summed E-state index contributed by atoms with van der Waals surface area (Å²) >= 11 is 1.48. The topological polar surface area (TPSA) is 42.0 Å². The van der Waals surface area contributed by atoms with Crippen molar-refractivity contribution in [3.05, 3.63) is 46.5 Å². The first-order chi connectivity index (χ1) is 8.86. The minimum Gasteiger partial charge on any atom is -0.298 e. The lowest BCUT2D eigenvalue weighted by Gasteiger charge is -2.18. The van der Waals surface area contributed by atoms with Crippen molar-refractivity contribution in [2.45, 2.75) is 33.1 Å². The number of amides is 1. The summed E-state index contributed by atoms with van der Waals surface area (Å²) in [7, 11) is 0. The summed E-state index contributed by atoms with van der Waals surface area (Å²) in [6, 6.07) is 7.72. The van der Waals surface area contributed by atoms with E-state index in [-0.39, 0.29) is 11.3 Å². The van der Waals surface area contributed by atoms with Gasteiger partial charge in [-0.25, -0.2) is 4.98 Å². The van der Waals surface area contributed by atoms with E-state index in [1.165, 1.54) is 16.9 Å². The minimum atomic E-state index is -0.116. The molecule has 0 bridgehead atoms. The predicted molar refractivity (Wildman–Crippen MR) is 79.9 cm³/mol. The van der Waals surface area contributed by atoms with Gasteiger partial charge in [-0.2, -0.15) is 0 Å². The van der Waals surface area contributed by atoms with Crippen molar-refractivity contribution >= 4 is 22.4 Å². The van der Waals surface area contributed by atoms with Gasteiger partial charge in [0.25, 0.3) is 5.91 Å². The summed E-state index contributed by atoms with van der Waals surface area (Å²) in [6.45, 7) is 8.42. The molecule has 4 heteroatoms. The van der Waals surface area contributed by atoms with E-state index in [0.717, 1.165) is 4.88 Å². The highest BCUT2D eigenvalue weighted by atomic mass is 32.1.